The molecule has 0 aliphatic heterocycles. The molecule has 2 unspecified atom stereocenters. The number of hydrogen-bond acceptors (Lipinski definition) is 8. The topological polar surface area (TPSA) is 242 Å². The van der Waals surface area contributed by atoms with Gasteiger partial charge in [0.25, 0.3) is 20.2 Å². The van der Waals surface area contributed by atoms with Crippen molar-refractivity contribution in [3.8, 4) is 0 Å². The second kappa shape index (κ2) is 22.3. The summed E-state index contributed by atoms with van der Waals surface area (Å²) in [5, 5.41) is 21.8. The van der Waals surface area contributed by atoms with Crippen molar-refractivity contribution in [1.82, 2.24) is 0 Å². The molecule has 0 saturated heterocycles. The standard InChI is InChI=1S/C13H19NO4S.C13H17NO3.C6H12O2.C4H10O3S/c1-9(2)13(3,4)12(15)14-10-5-7-11(8-6-10)19(16,17)18;1-4-13(2,3)12(17)14-10-7-5-9(6-8-10)11(15)16;1-3-5(2)4-6(7)8;1-3-4(2)8(5,6)7/h5-9H,1-4H3,(H,14,15)(H,16,17,18);5-8H,4H2,1-3H3,(H,14,17)(H,15,16);5H,3-4H2,1-2H3,(H,7,8);4H,3H2,1-2H3,(H,5,6,7). The summed E-state index contributed by atoms with van der Waals surface area (Å²) in [6.45, 7) is 20.4. The van der Waals surface area contributed by atoms with Gasteiger partial charge in [0.1, 0.15) is 0 Å². The molecule has 296 valence electrons. The number of aliphatic carboxylic acids is 1. The number of carboxylic acids is 2. The van der Waals surface area contributed by atoms with Crippen LogP contribution in [-0.4, -0.2) is 65.2 Å². The van der Waals surface area contributed by atoms with E-state index in [1.54, 1.807) is 19.1 Å². The van der Waals surface area contributed by atoms with Crippen LogP contribution in [0.15, 0.2) is 53.4 Å². The first-order chi connectivity index (χ1) is 23.6. The first-order valence-corrected chi connectivity index (χ1v) is 19.7. The van der Waals surface area contributed by atoms with Crippen LogP contribution in [0.4, 0.5) is 11.4 Å². The zero-order chi connectivity index (χ0) is 41.3. The summed E-state index contributed by atoms with van der Waals surface area (Å²) in [4.78, 5) is 44.4. The molecule has 0 fully saturated rings. The molecule has 2 rings (SSSR count). The van der Waals surface area contributed by atoms with E-state index in [4.69, 9.17) is 19.3 Å². The summed E-state index contributed by atoms with van der Waals surface area (Å²) >= 11 is 0. The van der Waals surface area contributed by atoms with Gasteiger partial charge in [-0.1, -0.05) is 75.7 Å². The molecule has 0 bridgehead atoms. The van der Waals surface area contributed by atoms with Crippen molar-refractivity contribution in [2.24, 2.45) is 22.7 Å². The number of nitrogens with one attached hydrogen (secondary N) is 2. The number of benzene rings is 2. The van der Waals surface area contributed by atoms with E-state index in [0.29, 0.717) is 30.1 Å². The first kappa shape index (κ1) is 50.2. The lowest BCUT2D eigenvalue weighted by Gasteiger charge is -2.27. The summed E-state index contributed by atoms with van der Waals surface area (Å²) in [6.07, 6.45) is 2.45. The molecular weight excluding hydrogens is 717 g/mol. The van der Waals surface area contributed by atoms with Crippen LogP contribution in [-0.2, 0) is 34.6 Å². The van der Waals surface area contributed by atoms with Crippen LogP contribution < -0.4 is 10.6 Å². The van der Waals surface area contributed by atoms with Crippen molar-refractivity contribution < 1.29 is 55.3 Å². The summed E-state index contributed by atoms with van der Waals surface area (Å²) in [7, 11) is -7.96. The number of carboxylic acid groups (broad SMARTS) is 2. The van der Waals surface area contributed by atoms with Crippen LogP contribution in [0.2, 0.25) is 0 Å². The van der Waals surface area contributed by atoms with E-state index < -0.39 is 48.3 Å². The summed E-state index contributed by atoms with van der Waals surface area (Å²) in [5.74, 6) is -1.38. The minimum absolute atomic E-state index is 0.0666. The number of aromatic carboxylic acids is 1. The molecule has 2 atom stereocenters. The van der Waals surface area contributed by atoms with Crippen molar-refractivity contribution >= 4 is 55.4 Å². The van der Waals surface area contributed by atoms with Crippen LogP contribution in [0, 0.1) is 22.7 Å². The van der Waals surface area contributed by atoms with Gasteiger partial charge in [0, 0.05) is 28.6 Å². The van der Waals surface area contributed by atoms with Gasteiger partial charge in [0.05, 0.1) is 15.7 Å². The van der Waals surface area contributed by atoms with Crippen LogP contribution in [0.25, 0.3) is 0 Å². The average Bonchev–Trinajstić information content (AvgIpc) is 3.04. The van der Waals surface area contributed by atoms with Gasteiger partial charge in [-0.05, 0) is 80.1 Å². The maximum absolute atomic E-state index is 12.1. The molecule has 0 aliphatic rings. The van der Waals surface area contributed by atoms with Crippen molar-refractivity contribution in [1.29, 1.82) is 0 Å². The molecule has 52 heavy (non-hydrogen) atoms. The predicted octanol–water partition coefficient (Wildman–Crippen LogP) is 7.49. The van der Waals surface area contributed by atoms with Gasteiger partial charge in [-0.15, -0.1) is 0 Å². The molecule has 16 heteroatoms. The Morgan fingerprint density at radius 3 is 1.38 bits per heavy atom. The Morgan fingerprint density at radius 2 is 1.12 bits per heavy atom. The number of rotatable bonds is 13. The van der Waals surface area contributed by atoms with Gasteiger partial charge < -0.3 is 20.8 Å². The lowest BCUT2D eigenvalue weighted by Crippen LogP contribution is -2.35. The van der Waals surface area contributed by atoms with Crippen molar-refractivity contribution in [3.63, 3.8) is 0 Å². The minimum atomic E-state index is -4.20. The normalized spacial score (nSPS) is 12.7. The fourth-order valence-corrected chi connectivity index (χ4v) is 3.98. The second-order valence-electron chi connectivity index (χ2n) is 13.7. The Balaban J connectivity index is 0. The number of carbonyl (C=O) groups excluding carboxylic acids is 2. The SMILES string of the molecule is CC(C)C(C)(C)C(=O)Nc1ccc(S(=O)(=O)O)cc1.CCC(C)(C)C(=O)Nc1ccc(C(=O)O)cc1.CCC(C)CC(=O)O.CCC(C)S(=O)(=O)O. The van der Waals surface area contributed by atoms with Crippen molar-refractivity contribution in [2.75, 3.05) is 10.6 Å². The highest BCUT2D eigenvalue weighted by Gasteiger charge is 2.31. The Bertz CT molecular complexity index is 1650. The van der Waals surface area contributed by atoms with E-state index in [9.17, 15) is 36.0 Å². The average molecular weight is 775 g/mol. The van der Waals surface area contributed by atoms with E-state index >= 15 is 0 Å². The Hall–Kier alpha value is -3.86. The predicted molar refractivity (Wildman–Crippen MR) is 203 cm³/mol. The lowest BCUT2D eigenvalue weighted by molar-refractivity contribution is -0.138. The third kappa shape index (κ3) is 19.7. The van der Waals surface area contributed by atoms with Crippen molar-refractivity contribution in [3.05, 3.63) is 54.1 Å². The van der Waals surface area contributed by atoms with E-state index in [2.05, 4.69) is 10.6 Å². The van der Waals surface area contributed by atoms with Crippen LogP contribution >= 0.6 is 0 Å². The maximum Gasteiger partial charge on any atom is 0.335 e. The van der Waals surface area contributed by atoms with Crippen LogP contribution in [0.5, 0.6) is 0 Å². The van der Waals surface area contributed by atoms with Gasteiger partial charge >= 0.3 is 11.9 Å². The fraction of sp³-hybridized carbons (Fsp3) is 0.556. The molecule has 6 N–H and O–H groups in total. The molecule has 0 radical (unpaired) electrons. The zero-order valence-electron chi connectivity index (χ0n) is 32.1. The molecule has 2 amide bonds. The third-order valence-electron chi connectivity index (χ3n) is 8.63. The van der Waals surface area contributed by atoms with E-state index in [1.165, 1.54) is 43.3 Å². The third-order valence-corrected chi connectivity index (χ3v) is 10.8. The molecule has 0 heterocycles. The molecule has 0 aliphatic carbocycles. The fourth-order valence-electron chi connectivity index (χ4n) is 3.07. The number of hydrogen-bond donors (Lipinski definition) is 6. The van der Waals surface area contributed by atoms with Gasteiger partial charge in [-0.3, -0.25) is 23.5 Å². The highest BCUT2D eigenvalue weighted by Crippen LogP contribution is 2.28. The molecule has 0 aromatic heterocycles. The molecular formula is C36H58N2O12S2. The molecule has 14 nitrogen and oxygen atoms in total. The second-order valence-corrected chi connectivity index (χ2v) is 17.0. The van der Waals surface area contributed by atoms with E-state index in [0.717, 1.165) is 12.8 Å². The Morgan fingerprint density at radius 1 is 0.692 bits per heavy atom. The van der Waals surface area contributed by atoms with Crippen molar-refractivity contribution in [2.45, 2.75) is 112 Å². The summed E-state index contributed by atoms with van der Waals surface area (Å²) in [5.41, 5.74) is 0.359. The number of amides is 2. The smallest absolute Gasteiger partial charge is 0.335 e. The number of anilines is 2. The highest BCUT2D eigenvalue weighted by molar-refractivity contribution is 7.86. The summed E-state index contributed by atoms with van der Waals surface area (Å²) in [6, 6.07) is 11.5. The Labute approximate surface area is 309 Å². The minimum Gasteiger partial charge on any atom is -0.481 e. The Kier molecular flexibility index (Phi) is 21.5. The molecule has 2 aromatic rings. The quantitative estimate of drug-likeness (QED) is 0.108. The summed E-state index contributed by atoms with van der Waals surface area (Å²) < 4.78 is 59.1. The van der Waals surface area contributed by atoms with Crippen LogP contribution in [0.1, 0.15) is 112 Å². The first-order valence-electron chi connectivity index (χ1n) is 16.8. The van der Waals surface area contributed by atoms with Gasteiger partial charge in [0.2, 0.25) is 11.8 Å². The van der Waals surface area contributed by atoms with Gasteiger partial charge in [-0.25, -0.2) is 4.79 Å². The van der Waals surface area contributed by atoms with Gasteiger partial charge in [0.15, 0.2) is 0 Å². The molecule has 0 spiro atoms. The maximum atomic E-state index is 12.1. The van der Waals surface area contributed by atoms with Crippen LogP contribution in [0.3, 0.4) is 0 Å². The zero-order valence-corrected chi connectivity index (χ0v) is 33.7. The number of carbonyl (C=O) groups is 4. The monoisotopic (exact) mass is 774 g/mol. The van der Waals surface area contributed by atoms with E-state index in [-0.39, 0.29) is 28.2 Å². The molecule has 2 aromatic carbocycles. The largest absolute Gasteiger partial charge is 0.481 e. The lowest BCUT2D eigenvalue weighted by atomic mass is 9.80. The van der Waals surface area contributed by atoms with Gasteiger partial charge in [-0.2, -0.15) is 16.8 Å². The van der Waals surface area contributed by atoms with E-state index in [1.807, 2.05) is 62.3 Å². The molecule has 0 saturated carbocycles. The highest BCUT2D eigenvalue weighted by atomic mass is 32.2.